The molecule has 1 unspecified atom stereocenters. The Morgan fingerprint density at radius 2 is 1.88 bits per heavy atom. The average Bonchev–Trinajstić information content (AvgIpc) is 2.55. The molecule has 1 aliphatic heterocycles. The van der Waals surface area contributed by atoms with Crippen molar-refractivity contribution in [1.82, 2.24) is 5.32 Å². The van der Waals surface area contributed by atoms with E-state index < -0.39 is 9.84 Å². The molecule has 0 bridgehead atoms. The lowest BCUT2D eigenvalue weighted by Gasteiger charge is -2.19. The van der Waals surface area contributed by atoms with Crippen molar-refractivity contribution in [1.29, 1.82) is 0 Å². The summed E-state index contributed by atoms with van der Waals surface area (Å²) < 4.78 is 22.6. The van der Waals surface area contributed by atoms with Gasteiger partial charge >= 0.3 is 0 Å². The van der Waals surface area contributed by atoms with Gasteiger partial charge in [-0.15, -0.1) is 0 Å². The fraction of sp³-hybridized carbons (Fsp3) is 1.00. The maximum Gasteiger partial charge on any atom is 0.150 e. The van der Waals surface area contributed by atoms with Gasteiger partial charge in [0.1, 0.15) is 0 Å². The molecule has 4 heteroatoms. The third-order valence-corrected chi connectivity index (χ3v) is 5.13. The predicted octanol–water partition coefficient (Wildman–Crippen LogP) is 1.98. The summed E-state index contributed by atoms with van der Waals surface area (Å²) in [6, 6.07) is 0.582. The van der Waals surface area contributed by atoms with Gasteiger partial charge in [0.2, 0.25) is 0 Å². The summed E-state index contributed by atoms with van der Waals surface area (Å²) in [5.74, 6) is 1.14. The van der Waals surface area contributed by atoms with Gasteiger partial charge in [-0.2, -0.15) is 0 Å². The minimum atomic E-state index is -2.71. The molecule has 0 spiro atoms. The van der Waals surface area contributed by atoms with Gasteiger partial charge in [-0.3, -0.25) is 0 Å². The zero-order valence-corrected chi connectivity index (χ0v) is 11.4. The van der Waals surface area contributed by atoms with Gasteiger partial charge in [0.25, 0.3) is 0 Å². The Morgan fingerprint density at radius 3 is 2.31 bits per heavy atom. The summed E-state index contributed by atoms with van der Waals surface area (Å²) in [4.78, 5) is 0. The lowest BCUT2D eigenvalue weighted by molar-refractivity contribution is 0.406. The molecule has 1 atom stereocenters. The second-order valence-electron chi connectivity index (χ2n) is 4.95. The molecule has 0 amide bonds. The first-order valence-electron chi connectivity index (χ1n) is 6.51. The van der Waals surface area contributed by atoms with E-state index in [1.807, 2.05) is 0 Å². The van der Waals surface area contributed by atoms with Crippen molar-refractivity contribution in [2.24, 2.45) is 5.92 Å². The van der Waals surface area contributed by atoms with Crippen molar-refractivity contribution in [2.75, 3.05) is 18.1 Å². The van der Waals surface area contributed by atoms with Crippen LogP contribution >= 0.6 is 0 Å². The van der Waals surface area contributed by atoms with E-state index in [2.05, 4.69) is 19.2 Å². The number of nitrogens with one attached hydrogen (secondary N) is 1. The third-order valence-electron chi connectivity index (χ3n) is 3.30. The first-order chi connectivity index (χ1) is 7.57. The molecule has 0 aromatic carbocycles. The van der Waals surface area contributed by atoms with Crippen molar-refractivity contribution < 1.29 is 8.42 Å². The Hall–Kier alpha value is -0.0900. The molecule has 1 aliphatic rings. The second-order valence-corrected chi connectivity index (χ2v) is 7.18. The summed E-state index contributed by atoms with van der Waals surface area (Å²) in [5, 5.41) is 3.54. The minimum Gasteiger partial charge on any atom is -0.314 e. The average molecular weight is 247 g/mol. The zero-order valence-electron chi connectivity index (χ0n) is 10.5. The Kier molecular flexibility index (Phi) is 5.76. The van der Waals surface area contributed by atoms with Crippen molar-refractivity contribution >= 4 is 9.84 Å². The summed E-state index contributed by atoms with van der Waals surface area (Å²) in [6.45, 7) is 5.28. The normalized spacial score (nSPS) is 24.1. The molecule has 0 saturated carbocycles. The van der Waals surface area contributed by atoms with Crippen LogP contribution in [0.5, 0.6) is 0 Å². The molecular weight excluding hydrogens is 222 g/mol. The maximum atomic E-state index is 11.3. The summed E-state index contributed by atoms with van der Waals surface area (Å²) >= 11 is 0. The molecular formula is C12H25NO2S. The van der Waals surface area contributed by atoms with E-state index in [4.69, 9.17) is 0 Å². The Balaban J connectivity index is 2.27. The van der Waals surface area contributed by atoms with Gasteiger partial charge in [-0.1, -0.05) is 26.7 Å². The van der Waals surface area contributed by atoms with Crippen LogP contribution in [0.4, 0.5) is 0 Å². The van der Waals surface area contributed by atoms with Crippen molar-refractivity contribution in [3.63, 3.8) is 0 Å². The van der Waals surface area contributed by atoms with Crippen LogP contribution < -0.4 is 5.32 Å². The van der Waals surface area contributed by atoms with Crippen LogP contribution in [-0.4, -0.2) is 32.5 Å². The van der Waals surface area contributed by atoms with E-state index in [0.717, 1.165) is 13.0 Å². The van der Waals surface area contributed by atoms with Crippen LogP contribution in [-0.2, 0) is 9.84 Å². The number of hydrogen-bond donors (Lipinski definition) is 1. The Labute approximate surface area is 99.9 Å². The molecule has 0 aromatic rings. The van der Waals surface area contributed by atoms with E-state index in [-0.39, 0.29) is 0 Å². The van der Waals surface area contributed by atoms with Gasteiger partial charge < -0.3 is 5.32 Å². The van der Waals surface area contributed by atoms with Crippen LogP contribution in [0.25, 0.3) is 0 Å². The Morgan fingerprint density at radius 1 is 1.25 bits per heavy atom. The van der Waals surface area contributed by atoms with Gasteiger partial charge in [-0.25, -0.2) is 8.42 Å². The van der Waals surface area contributed by atoms with E-state index >= 15 is 0 Å². The quantitative estimate of drug-likeness (QED) is 0.748. The molecule has 0 aromatic heterocycles. The van der Waals surface area contributed by atoms with E-state index in [1.165, 1.54) is 25.7 Å². The first-order valence-corrected chi connectivity index (χ1v) is 8.33. The molecule has 0 aliphatic carbocycles. The SMILES string of the molecule is CCCC(CCC)NCC1CCS(=O)(=O)C1. The number of sulfone groups is 1. The number of hydrogen-bond acceptors (Lipinski definition) is 3. The third kappa shape index (κ3) is 4.83. The molecule has 1 heterocycles. The fourth-order valence-corrected chi connectivity index (χ4v) is 4.27. The molecule has 1 fully saturated rings. The van der Waals surface area contributed by atoms with Crippen LogP contribution in [0.15, 0.2) is 0 Å². The van der Waals surface area contributed by atoms with Crippen LogP contribution in [0.3, 0.4) is 0 Å². The smallest absolute Gasteiger partial charge is 0.150 e. The summed E-state index contributed by atoms with van der Waals surface area (Å²) in [6.07, 6.45) is 5.64. The largest absolute Gasteiger partial charge is 0.314 e. The van der Waals surface area contributed by atoms with Gasteiger partial charge in [0, 0.05) is 6.04 Å². The predicted molar refractivity (Wildman–Crippen MR) is 68.4 cm³/mol. The molecule has 3 nitrogen and oxygen atoms in total. The van der Waals surface area contributed by atoms with E-state index in [0.29, 0.717) is 23.5 Å². The molecule has 1 saturated heterocycles. The highest BCUT2D eigenvalue weighted by atomic mass is 32.2. The molecule has 1 rings (SSSR count). The fourth-order valence-electron chi connectivity index (χ4n) is 2.41. The van der Waals surface area contributed by atoms with Crippen LogP contribution in [0.1, 0.15) is 46.0 Å². The van der Waals surface area contributed by atoms with Crippen molar-refractivity contribution in [3.05, 3.63) is 0 Å². The topological polar surface area (TPSA) is 46.2 Å². The lowest BCUT2D eigenvalue weighted by Crippen LogP contribution is -2.33. The van der Waals surface area contributed by atoms with E-state index in [9.17, 15) is 8.42 Å². The van der Waals surface area contributed by atoms with Gasteiger partial charge in [0.15, 0.2) is 9.84 Å². The minimum absolute atomic E-state index is 0.348. The summed E-state index contributed by atoms with van der Waals surface area (Å²) in [7, 11) is -2.71. The molecule has 0 radical (unpaired) electrons. The van der Waals surface area contributed by atoms with Crippen molar-refractivity contribution in [2.45, 2.75) is 52.0 Å². The number of rotatable bonds is 7. The highest BCUT2D eigenvalue weighted by Crippen LogP contribution is 2.18. The van der Waals surface area contributed by atoms with E-state index in [1.54, 1.807) is 0 Å². The standard InChI is InChI=1S/C12H25NO2S/c1-3-5-12(6-4-2)13-9-11-7-8-16(14,15)10-11/h11-13H,3-10H2,1-2H3. The van der Waals surface area contributed by atoms with Gasteiger partial charge in [-0.05, 0) is 31.7 Å². The summed E-state index contributed by atoms with van der Waals surface area (Å²) in [5.41, 5.74) is 0. The second kappa shape index (κ2) is 6.60. The maximum absolute atomic E-state index is 11.3. The molecule has 96 valence electrons. The van der Waals surface area contributed by atoms with Crippen LogP contribution in [0, 0.1) is 5.92 Å². The lowest BCUT2D eigenvalue weighted by atomic mass is 10.0. The van der Waals surface area contributed by atoms with Crippen LogP contribution in [0.2, 0.25) is 0 Å². The highest BCUT2D eigenvalue weighted by molar-refractivity contribution is 7.91. The highest BCUT2D eigenvalue weighted by Gasteiger charge is 2.27. The molecule has 16 heavy (non-hydrogen) atoms. The monoisotopic (exact) mass is 247 g/mol. The molecule has 1 N–H and O–H groups in total. The van der Waals surface area contributed by atoms with Gasteiger partial charge in [0.05, 0.1) is 11.5 Å². The Bertz CT molecular complexity index is 281. The van der Waals surface area contributed by atoms with Crippen molar-refractivity contribution in [3.8, 4) is 0 Å². The first kappa shape index (κ1) is 14.0. The zero-order chi connectivity index (χ0) is 12.0.